The highest BCUT2D eigenvalue weighted by Gasteiger charge is 2.03. The predicted octanol–water partition coefficient (Wildman–Crippen LogP) is 9.02. The van der Waals surface area contributed by atoms with Gasteiger partial charge in [0.05, 0.1) is 0 Å². The molecule has 0 aliphatic heterocycles. The normalized spacial score (nSPS) is 10.3. The van der Waals surface area contributed by atoms with Crippen LogP contribution >= 0.6 is 11.8 Å². The lowest BCUT2D eigenvalue weighted by atomic mass is 10.0. The average molecular weight is 505 g/mol. The van der Waals surface area contributed by atoms with E-state index in [1.807, 2.05) is 12.1 Å². The first-order valence-corrected chi connectivity index (χ1v) is 13.2. The molecule has 0 saturated heterocycles. The van der Waals surface area contributed by atoms with Crippen molar-refractivity contribution >= 4 is 11.8 Å². The van der Waals surface area contributed by atoms with E-state index in [2.05, 4.69) is 111 Å². The van der Waals surface area contributed by atoms with Crippen molar-refractivity contribution in [1.29, 1.82) is 0 Å². The molecule has 37 heavy (non-hydrogen) atoms. The summed E-state index contributed by atoms with van der Waals surface area (Å²) in [5, 5.41) is 9.77. The smallest absolute Gasteiger partial charge is 0.161 e. The predicted molar refractivity (Wildman–Crippen MR) is 155 cm³/mol. The van der Waals surface area contributed by atoms with Crippen LogP contribution in [0.25, 0.3) is 0 Å². The summed E-state index contributed by atoms with van der Waals surface area (Å²) in [6.45, 7) is 4.63. The van der Waals surface area contributed by atoms with Gasteiger partial charge in [-0.2, -0.15) is 0 Å². The van der Waals surface area contributed by atoms with Gasteiger partial charge >= 0.3 is 0 Å². The summed E-state index contributed by atoms with van der Waals surface area (Å²) >= 11 is 1.78. The minimum atomic E-state index is 0.165. The molecule has 0 spiro atoms. The molecular formula is C34H32O2S. The van der Waals surface area contributed by atoms with E-state index in [-0.39, 0.29) is 5.75 Å². The van der Waals surface area contributed by atoms with Gasteiger partial charge in [-0.05, 0) is 73.4 Å². The van der Waals surface area contributed by atoms with Gasteiger partial charge < -0.3 is 9.84 Å². The Kier molecular flexibility index (Phi) is 9.45. The zero-order chi connectivity index (χ0) is 25.9. The van der Waals surface area contributed by atoms with Crippen molar-refractivity contribution in [2.45, 2.75) is 36.7 Å². The quantitative estimate of drug-likeness (QED) is 0.240. The van der Waals surface area contributed by atoms with Crippen molar-refractivity contribution in [2.75, 3.05) is 0 Å². The summed E-state index contributed by atoms with van der Waals surface area (Å²) in [6.07, 6.45) is 0.900. The Labute approximate surface area is 224 Å². The van der Waals surface area contributed by atoms with Crippen LogP contribution in [0, 0.1) is 13.8 Å². The lowest BCUT2D eigenvalue weighted by Crippen LogP contribution is -1.96. The number of aromatic hydroxyl groups is 1. The zero-order valence-electron chi connectivity index (χ0n) is 21.3. The summed E-state index contributed by atoms with van der Waals surface area (Å²) in [5.74, 6) is 0.669. The first-order valence-electron chi connectivity index (χ1n) is 12.4. The minimum absolute atomic E-state index is 0.165. The van der Waals surface area contributed by atoms with Crippen LogP contribution < -0.4 is 4.74 Å². The molecule has 5 aromatic rings. The molecule has 0 heterocycles. The highest BCUT2D eigenvalue weighted by Crippen LogP contribution is 2.28. The Morgan fingerprint density at radius 3 is 1.62 bits per heavy atom. The van der Waals surface area contributed by atoms with Gasteiger partial charge in [-0.15, -0.1) is 0 Å². The Bertz CT molecular complexity index is 1340. The molecule has 0 radical (unpaired) electrons. The second kappa shape index (κ2) is 13.4. The Morgan fingerprint density at radius 1 is 0.541 bits per heavy atom. The second-order valence-electron chi connectivity index (χ2n) is 8.96. The van der Waals surface area contributed by atoms with Crippen molar-refractivity contribution in [2.24, 2.45) is 0 Å². The van der Waals surface area contributed by atoms with E-state index in [1.165, 1.54) is 32.0 Å². The third-order valence-corrected chi connectivity index (χ3v) is 6.83. The molecule has 2 nitrogen and oxygen atoms in total. The lowest BCUT2D eigenvalue weighted by molar-refractivity contribution is 0.289. The molecule has 0 fully saturated rings. The van der Waals surface area contributed by atoms with E-state index >= 15 is 0 Å². The number of ether oxygens (including phenoxy) is 1. The molecule has 1 N–H and O–H groups in total. The van der Waals surface area contributed by atoms with Crippen LogP contribution in [-0.2, 0) is 13.0 Å². The van der Waals surface area contributed by atoms with Crippen LogP contribution in [0.1, 0.15) is 27.8 Å². The van der Waals surface area contributed by atoms with E-state index in [0.29, 0.717) is 12.4 Å². The van der Waals surface area contributed by atoms with Crippen LogP contribution in [0.4, 0.5) is 0 Å². The summed E-state index contributed by atoms with van der Waals surface area (Å²) < 4.78 is 5.69. The van der Waals surface area contributed by atoms with Gasteiger partial charge in [0.2, 0.25) is 0 Å². The average Bonchev–Trinajstić information content (AvgIpc) is 2.93. The molecule has 3 heteroatoms. The summed E-state index contributed by atoms with van der Waals surface area (Å²) in [5.41, 5.74) is 6.29. The fourth-order valence-electron chi connectivity index (χ4n) is 3.67. The molecule has 5 aromatic carbocycles. The molecule has 0 aromatic heterocycles. The van der Waals surface area contributed by atoms with Gasteiger partial charge in [0.1, 0.15) is 6.61 Å². The molecule has 0 saturated carbocycles. The number of rotatable bonds is 7. The standard InChI is InChI=1S/C26H22O2S.C8H10/c27-25-8-4-5-9-26(25)28-19-22-12-10-20(11-13-22)18-21-14-16-24(17-15-21)29-23-6-2-1-3-7-23;1-7-3-5-8(2)6-4-7/h1-17,27H,18-19H2;3-6H,1-2H3. The van der Waals surface area contributed by atoms with Crippen molar-refractivity contribution in [3.63, 3.8) is 0 Å². The maximum absolute atomic E-state index is 9.77. The third kappa shape index (κ3) is 8.59. The Hall–Kier alpha value is -3.95. The van der Waals surface area contributed by atoms with E-state index in [0.717, 1.165) is 12.0 Å². The maximum atomic E-state index is 9.77. The SMILES string of the molecule is Cc1ccc(C)cc1.Oc1ccccc1OCc1ccc(Cc2ccc(Sc3ccccc3)cc2)cc1. The van der Waals surface area contributed by atoms with Gasteiger partial charge in [-0.25, -0.2) is 0 Å². The van der Waals surface area contributed by atoms with Crippen molar-refractivity contribution in [3.8, 4) is 11.5 Å². The van der Waals surface area contributed by atoms with E-state index in [9.17, 15) is 5.11 Å². The summed E-state index contributed by atoms with van der Waals surface area (Å²) in [6, 6.07) is 43.1. The molecule has 0 amide bonds. The van der Waals surface area contributed by atoms with Crippen LogP contribution in [0.3, 0.4) is 0 Å². The molecule has 0 atom stereocenters. The maximum Gasteiger partial charge on any atom is 0.161 e. The number of phenolic OH excluding ortho intramolecular Hbond substituents is 1. The van der Waals surface area contributed by atoms with Crippen LogP contribution in [0.2, 0.25) is 0 Å². The Balaban J connectivity index is 0.000000342. The van der Waals surface area contributed by atoms with E-state index in [1.54, 1.807) is 30.0 Å². The molecule has 0 unspecified atom stereocenters. The molecule has 0 aliphatic carbocycles. The van der Waals surface area contributed by atoms with Crippen LogP contribution in [0.5, 0.6) is 11.5 Å². The van der Waals surface area contributed by atoms with Gasteiger partial charge in [0, 0.05) is 9.79 Å². The number of phenols is 1. The summed E-state index contributed by atoms with van der Waals surface area (Å²) in [7, 11) is 0. The van der Waals surface area contributed by atoms with Crippen molar-refractivity contribution in [3.05, 3.63) is 155 Å². The van der Waals surface area contributed by atoms with Crippen molar-refractivity contribution in [1.82, 2.24) is 0 Å². The zero-order valence-corrected chi connectivity index (χ0v) is 22.1. The topological polar surface area (TPSA) is 29.5 Å². The van der Waals surface area contributed by atoms with Gasteiger partial charge in [0.15, 0.2) is 11.5 Å². The van der Waals surface area contributed by atoms with E-state index < -0.39 is 0 Å². The Morgan fingerprint density at radius 2 is 1.03 bits per heavy atom. The fourth-order valence-corrected chi connectivity index (χ4v) is 4.50. The van der Waals surface area contributed by atoms with Gasteiger partial charge in [-0.3, -0.25) is 0 Å². The largest absolute Gasteiger partial charge is 0.504 e. The van der Waals surface area contributed by atoms with Gasteiger partial charge in [0.25, 0.3) is 0 Å². The number of aryl methyl sites for hydroxylation is 2. The van der Waals surface area contributed by atoms with Crippen molar-refractivity contribution < 1.29 is 9.84 Å². The fraction of sp³-hybridized carbons (Fsp3) is 0.118. The van der Waals surface area contributed by atoms with Gasteiger partial charge in [-0.1, -0.05) is 114 Å². The monoisotopic (exact) mass is 504 g/mol. The molecule has 5 rings (SSSR count). The highest BCUT2D eigenvalue weighted by atomic mass is 32.2. The number of hydrogen-bond donors (Lipinski definition) is 1. The molecule has 0 bridgehead atoms. The number of benzene rings is 5. The number of hydrogen-bond acceptors (Lipinski definition) is 3. The molecule has 186 valence electrons. The first kappa shape index (κ1) is 26.1. The highest BCUT2D eigenvalue weighted by molar-refractivity contribution is 7.99. The van der Waals surface area contributed by atoms with E-state index in [4.69, 9.17) is 4.74 Å². The van der Waals surface area contributed by atoms with Crippen LogP contribution in [-0.4, -0.2) is 5.11 Å². The molecule has 0 aliphatic rings. The lowest BCUT2D eigenvalue weighted by Gasteiger charge is -2.09. The third-order valence-electron chi connectivity index (χ3n) is 5.81. The minimum Gasteiger partial charge on any atom is -0.504 e. The number of para-hydroxylation sites is 2. The molecular weight excluding hydrogens is 472 g/mol. The second-order valence-corrected chi connectivity index (χ2v) is 10.1. The van der Waals surface area contributed by atoms with Crippen LogP contribution in [0.15, 0.2) is 137 Å². The summed E-state index contributed by atoms with van der Waals surface area (Å²) in [4.78, 5) is 2.50. The first-order chi connectivity index (χ1) is 18.0.